The average molecular weight is 255 g/mol. The Morgan fingerprint density at radius 3 is 2.71 bits per heavy atom. The minimum absolute atomic E-state index is 0.0328. The number of hydrogen-bond acceptors (Lipinski definition) is 3. The van der Waals surface area contributed by atoms with Crippen LogP contribution in [-0.2, 0) is 11.2 Å². The first-order chi connectivity index (χ1) is 8.04. The number of likely N-dealkylation sites (N-methyl/N-ethyl adjacent to an activating group) is 1. The normalized spacial score (nSPS) is 10.6. The van der Waals surface area contributed by atoms with E-state index in [0.717, 1.165) is 12.8 Å². The monoisotopic (exact) mass is 255 g/mol. The first-order valence-electron chi connectivity index (χ1n) is 5.95. The molecule has 0 aliphatic heterocycles. The van der Waals surface area contributed by atoms with Gasteiger partial charge in [-0.25, -0.2) is 0 Å². The Morgan fingerprint density at radius 1 is 1.47 bits per heavy atom. The molecule has 0 aliphatic carbocycles. The zero-order valence-corrected chi connectivity index (χ0v) is 11.6. The quantitative estimate of drug-likeness (QED) is 0.846. The number of thiophene rings is 1. The molecule has 0 atom stereocenters. The third-order valence-electron chi connectivity index (χ3n) is 2.84. The minimum Gasteiger partial charge on any atom is -0.395 e. The summed E-state index contributed by atoms with van der Waals surface area (Å²) < 4.78 is 0. The van der Waals surface area contributed by atoms with Crippen molar-refractivity contribution in [2.75, 3.05) is 20.2 Å². The number of aliphatic hydroxyl groups excluding tert-OH is 1. The Balaban J connectivity index is 2.33. The number of rotatable bonds is 6. The molecule has 0 unspecified atom stereocenters. The van der Waals surface area contributed by atoms with Crippen molar-refractivity contribution in [1.29, 1.82) is 0 Å². The molecule has 1 N–H and O–H groups in total. The number of amides is 1. The zero-order valence-electron chi connectivity index (χ0n) is 10.8. The first kappa shape index (κ1) is 14.2. The van der Waals surface area contributed by atoms with Gasteiger partial charge in [-0.2, -0.15) is 0 Å². The summed E-state index contributed by atoms with van der Waals surface area (Å²) in [4.78, 5) is 15.9. The maximum atomic E-state index is 11.6. The number of carbonyl (C=O) groups excluding carboxylic acids is 1. The van der Waals surface area contributed by atoms with Crippen LogP contribution in [0.25, 0.3) is 0 Å². The number of aryl methyl sites for hydroxylation is 3. The molecule has 1 aromatic rings. The van der Waals surface area contributed by atoms with Gasteiger partial charge >= 0.3 is 0 Å². The lowest BCUT2D eigenvalue weighted by Gasteiger charge is -2.15. The Labute approximate surface area is 107 Å². The molecule has 0 bridgehead atoms. The molecule has 1 rings (SSSR count). The van der Waals surface area contributed by atoms with Crippen LogP contribution >= 0.6 is 11.3 Å². The lowest BCUT2D eigenvalue weighted by molar-refractivity contribution is -0.130. The molecule has 0 saturated heterocycles. The number of carbonyl (C=O) groups is 1. The van der Waals surface area contributed by atoms with Crippen molar-refractivity contribution >= 4 is 17.2 Å². The molecule has 3 nitrogen and oxygen atoms in total. The van der Waals surface area contributed by atoms with Crippen LogP contribution in [0, 0.1) is 13.8 Å². The van der Waals surface area contributed by atoms with E-state index in [-0.39, 0.29) is 12.5 Å². The van der Waals surface area contributed by atoms with Crippen molar-refractivity contribution in [3.05, 3.63) is 21.4 Å². The van der Waals surface area contributed by atoms with Crippen LogP contribution in [0.2, 0.25) is 0 Å². The van der Waals surface area contributed by atoms with Crippen molar-refractivity contribution in [3.8, 4) is 0 Å². The second kappa shape index (κ2) is 6.77. The van der Waals surface area contributed by atoms with Gasteiger partial charge in [-0.1, -0.05) is 0 Å². The van der Waals surface area contributed by atoms with Crippen molar-refractivity contribution in [2.24, 2.45) is 0 Å². The van der Waals surface area contributed by atoms with Crippen LogP contribution in [0.15, 0.2) is 6.07 Å². The second-order valence-corrected chi connectivity index (χ2v) is 5.79. The van der Waals surface area contributed by atoms with Crippen LogP contribution in [0.1, 0.15) is 28.2 Å². The van der Waals surface area contributed by atoms with Crippen molar-refractivity contribution in [3.63, 3.8) is 0 Å². The average Bonchev–Trinajstić information content (AvgIpc) is 2.57. The zero-order chi connectivity index (χ0) is 12.8. The molecule has 1 aromatic heterocycles. The van der Waals surface area contributed by atoms with E-state index in [1.807, 2.05) is 11.3 Å². The fourth-order valence-electron chi connectivity index (χ4n) is 1.83. The molecule has 4 heteroatoms. The predicted octanol–water partition coefficient (Wildman–Crippen LogP) is 2.14. The Hall–Kier alpha value is -0.870. The van der Waals surface area contributed by atoms with E-state index in [1.165, 1.54) is 15.3 Å². The van der Waals surface area contributed by atoms with Crippen molar-refractivity contribution in [2.45, 2.75) is 33.1 Å². The summed E-state index contributed by atoms with van der Waals surface area (Å²) in [7, 11) is 1.73. The topological polar surface area (TPSA) is 40.5 Å². The van der Waals surface area contributed by atoms with Crippen molar-refractivity contribution in [1.82, 2.24) is 4.90 Å². The highest BCUT2D eigenvalue weighted by molar-refractivity contribution is 7.12. The van der Waals surface area contributed by atoms with Gasteiger partial charge in [0.05, 0.1) is 6.61 Å². The summed E-state index contributed by atoms with van der Waals surface area (Å²) in [6, 6.07) is 2.21. The van der Waals surface area contributed by atoms with E-state index in [0.29, 0.717) is 13.0 Å². The molecule has 0 spiro atoms. The maximum Gasteiger partial charge on any atom is 0.222 e. The molecular weight excluding hydrogens is 234 g/mol. The Bertz CT molecular complexity index is 373. The lowest BCUT2D eigenvalue weighted by Crippen LogP contribution is -2.29. The molecule has 0 fully saturated rings. The van der Waals surface area contributed by atoms with Crippen LogP contribution in [0.4, 0.5) is 0 Å². The highest BCUT2D eigenvalue weighted by atomic mass is 32.1. The molecule has 17 heavy (non-hydrogen) atoms. The second-order valence-electron chi connectivity index (χ2n) is 4.33. The molecule has 0 aliphatic rings. The summed E-state index contributed by atoms with van der Waals surface area (Å²) in [6.07, 6.45) is 2.41. The molecular formula is C13H21NO2S. The largest absolute Gasteiger partial charge is 0.395 e. The lowest BCUT2D eigenvalue weighted by atomic mass is 10.1. The first-order valence-corrected chi connectivity index (χ1v) is 6.77. The van der Waals surface area contributed by atoms with E-state index in [2.05, 4.69) is 19.9 Å². The van der Waals surface area contributed by atoms with Crippen LogP contribution in [0.5, 0.6) is 0 Å². The van der Waals surface area contributed by atoms with Crippen LogP contribution in [0.3, 0.4) is 0 Å². The number of aliphatic hydroxyl groups is 1. The van der Waals surface area contributed by atoms with Crippen LogP contribution in [-0.4, -0.2) is 36.1 Å². The molecule has 0 radical (unpaired) electrons. The fourth-order valence-corrected chi connectivity index (χ4v) is 2.80. The molecule has 0 aromatic carbocycles. The molecule has 96 valence electrons. The van der Waals surface area contributed by atoms with Gasteiger partial charge in [0.25, 0.3) is 0 Å². The third kappa shape index (κ3) is 4.48. The summed E-state index contributed by atoms with van der Waals surface area (Å²) in [5.41, 5.74) is 1.37. The van der Waals surface area contributed by atoms with Gasteiger partial charge in [0, 0.05) is 29.8 Å². The van der Waals surface area contributed by atoms with E-state index < -0.39 is 0 Å². The molecule has 1 heterocycles. The van der Waals surface area contributed by atoms with E-state index >= 15 is 0 Å². The van der Waals surface area contributed by atoms with E-state index in [4.69, 9.17) is 5.11 Å². The van der Waals surface area contributed by atoms with Gasteiger partial charge in [0.1, 0.15) is 0 Å². The van der Waals surface area contributed by atoms with Gasteiger partial charge in [-0.3, -0.25) is 4.79 Å². The van der Waals surface area contributed by atoms with E-state index in [9.17, 15) is 4.79 Å². The fraction of sp³-hybridized carbons (Fsp3) is 0.615. The highest BCUT2D eigenvalue weighted by Crippen LogP contribution is 2.22. The molecule has 1 amide bonds. The minimum atomic E-state index is 0.0328. The Kier molecular flexibility index (Phi) is 5.65. The van der Waals surface area contributed by atoms with Crippen LogP contribution < -0.4 is 0 Å². The highest BCUT2D eigenvalue weighted by Gasteiger charge is 2.08. The summed E-state index contributed by atoms with van der Waals surface area (Å²) >= 11 is 1.81. The van der Waals surface area contributed by atoms with Gasteiger partial charge in [-0.15, -0.1) is 11.3 Å². The standard InChI is InChI=1S/C13H21NO2S/c1-10-9-12(11(2)17-10)5-4-6-13(16)14(3)7-8-15/h9,15H,4-8H2,1-3H3. The van der Waals surface area contributed by atoms with Gasteiger partial charge in [0.15, 0.2) is 0 Å². The summed E-state index contributed by atoms with van der Waals surface area (Å²) in [5, 5.41) is 8.74. The predicted molar refractivity (Wildman–Crippen MR) is 71.5 cm³/mol. The SMILES string of the molecule is Cc1cc(CCCC(=O)N(C)CCO)c(C)s1. The van der Waals surface area contributed by atoms with E-state index in [1.54, 1.807) is 11.9 Å². The Morgan fingerprint density at radius 2 is 2.18 bits per heavy atom. The smallest absolute Gasteiger partial charge is 0.222 e. The summed E-state index contributed by atoms with van der Waals surface area (Å²) in [6.45, 7) is 4.70. The number of nitrogens with zero attached hydrogens (tertiary/aromatic N) is 1. The van der Waals surface area contributed by atoms with Gasteiger partial charge in [-0.05, 0) is 38.3 Å². The molecule has 0 saturated carbocycles. The summed E-state index contributed by atoms with van der Waals surface area (Å²) in [5.74, 6) is 0.114. The maximum absolute atomic E-state index is 11.6. The van der Waals surface area contributed by atoms with Gasteiger partial charge < -0.3 is 10.0 Å². The van der Waals surface area contributed by atoms with Gasteiger partial charge in [0.2, 0.25) is 5.91 Å². The number of hydrogen-bond donors (Lipinski definition) is 1. The third-order valence-corrected chi connectivity index (χ3v) is 3.85. The van der Waals surface area contributed by atoms with Crippen molar-refractivity contribution < 1.29 is 9.90 Å².